The number of benzene rings is 1. The molecule has 0 bridgehead atoms. The van der Waals surface area contributed by atoms with Crippen molar-refractivity contribution in [2.24, 2.45) is 5.73 Å². The number of hydrogen-bond acceptors (Lipinski definition) is 4. The fourth-order valence-corrected chi connectivity index (χ4v) is 2.16. The number of hydrogen-bond donors (Lipinski definition) is 1. The van der Waals surface area contributed by atoms with Crippen molar-refractivity contribution >= 4 is 27.5 Å². The highest BCUT2D eigenvalue weighted by atomic mass is 79.9. The maximum Gasteiger partial charge on any atom is 0.156 e. The summed E-state index contributed by atoms with van der Waals surface area (Å²) in [4.78, 5) is 4.30. The molecule has 14 heavy (non-hydrogen) atoms. The minimum Gasteiger partial charge on any atom is -0.324 e. The Kier molecular flexibility index (Phi) is 2.90. The van der Waals surface area contributed by atoms with Gasteiger partial charge in [-0.15, -0.1) is 0 Å². The second-order valence-corrected chi connectivity index (χ2v) is 4.40. The maximum absolute atomic E-state index is 5.44. The summed E-state index contributed by atoms with van der Waals surface area (Å²) in [6.07, 6.45) is 0. The van der Waals surface area contributed by atoms with Crippen molar-refractivity contribution in [2.45, 2.75) is 6.54 Å². The Morgan fingerprint density at radius 2 is 2.29 bits per heavy atom. The molecule has 0 aliphatic carbocycles. The third-order valence-electron chi connectivity index (χ3n) is 1.72. The first-order chi connectivity index (χ1) is 6.79. The molecule has 2 aromatic rings. The van der Waals surface area contributed by atoms with Crippen molar-refractivity contribution in [2.75, 3.05) is 0 Å². The molecule has 0 aliphatic rings. The van der Waals surface area contributed by atoms with Gasteiger partial charge in [0.05, 0.1) is 6.54 Å². The lowest BCUT2D eigenvalue weighted by Crippen LogP contribution is -1.97. The third-order valence-corrected chi connectivity index (χ3v) is 3.02. The van der Waals surface area contributed by atoms with Crippen molar-refractivity contribution < 1.29 is 0 Å². The van der Waals surface area contributed by atoms with E-state index in [9.17, 15) is 0 Å². The molecule has 0 radical (unpaired) electrons. The van der Waals surface area contributed by atoms with E-state index >= 15 is 0 Å². The number of nitrogens with two attached hydrogens (primary N) is 1. The fraction of sp³-hybridized carbons (Fsp3) is 0.111. The summed E-state index contributed by atoms with van der Waals surface area (Å²) in [5.74, 6) is 0.699. The van der Waals surface area contributed by atoms with Gasteiger partial charge in [0.2, 0.25) is 0 Å². The number of halogens is 1. The molecule has 0 atom stereocenters. The van der Waals surface area contributed by atoms with Gasteiger partial charge in [-0.1, -0.05) is 28.1 Å². The van der Waals surface area contributed by atoms with E-state index in [4.69, 9.17) is 5.73 Å². The second-order valence-electron chi connectivity index (χ2n) is 2.73. The standard InChI is InChI=1S/C9H8BrN3S/c10-7-3-1-2-6(4-7)9-12-8(5-11)13-14-9/h1-4H,5,11H2. The molecule has 1 aromatic carbocycles. The molecule has 0 saturated heterocycles. The average molecular weight is 270 g/mol. The highest BCUT2D eigenvalue weighted by molar-refractivity contribution is 9.10. The molecule has 0 aliphatic heterocycles. The minimum absolute atomic E-state index is 0.393. The lowest BCUT2D eigenvalue weighted by Gasteiger charge is -1.94. The van der Waals surface area contributed by atoms with E-state index < -0.39 is 0 Å². The molecule has 3 nitrogen and oxygen atoms in total. The molecule has 72 valence electrons. The molecular formula is C9H8BrN3S. The van der Waals surface area contributed by atoms with Gasteiger partial charge in [0.1, 0.15) is 5.01 Å². The lowest BCUT2D eigenvalue weighted by molar-refractivity contribution is 0.959. The third kappa shape index (κ3) is 2.00. The number of aromatic nitrogens is 2. The van der Waals surface area contributed by atoms with Crippen molar-refractivity contribution in [3.63, 3.8) is 0 Å². The van der Waals surface area contributed by atoms with E-state index in [1.165, 1.54) is 11.5 Å². The van der Waals surface area contributed by atoms with E-state index in [0.29, 0.717) is 12.4 Å². The average Bonchev–Trinajstić information content (AvgIpc) is 2.66. The zero-order valence-corrected chi connectivity index (χ0v) is 9.68. The number of rotatable bonds is 2. The first kappa shape index (κ1) is 9.76. The summed E-state index contributed by atoms with van der Waals surface area (Å²) < 4.78 is 5.17. The van der Waals surface area contributed by atoms with Gasteiger partial charge >= 0.3 is 0 Å². The van der Waals surface area contributed by atoms with Crippen LogP contribution >= 0.6 is 27.5 Å². The topological polar surface area (TPSA) is 51.8 Å². The highest BCUT2D eigenvalue weighted by Gasteiger charge is 2.04. The Morgan fingerprint density at radius 1 is 1.43 bits per heavy atom. The molecule has 2 rings (SSSR count). The summed E-state index contributed by atoms with van der Waals surface area (Å²) >= 11 is 4.79. The van der Waals surface area contributed by atoms with Crippen LogP contribution in [0.25, 0.3) is 10.6 Å². The Morgan fingerprint density at radius 3 is 2.93 bits per heavy atom. The monoisotopic (exact) mass is 269 g/mol. The van der Waals surface area contributed by atoms with E-state index in [-0.39, 0.29) is 0 Å². The summed E-state index contributed by atoms with van der Waals surface area (Å²) in [5.41, 5.74) is 6.51. The molecule has 0 saturated carbocycles. The van der Waals surface area contributed by atoms with Gasteiger partial charge < -0.3 is 5.73 Å². The van der Waals surface area contributed by atoms with Crippen LogP contribution in [0.15, 0.2) is 28.7 Å². The Balaban J connectivity index is 2.39. The van der Waals surface area contributed by atoms with Crippen LogP contribution in [-0.4, -0.2) is 9.36 Å². The van der Waals surface area contributed by atoms with Gasteiger partial charge in [0.25, 0.3) is 0 Å². The fourth-order valence-electron chi connectivity index (χ4n) is 1.08. The van der Waals surface area contributed by atoms with Crippen LogP contribution in [-0.2, 0) is 6.54 Å². The summed E-state index contributed by atoms with van der Waals surface area (Å²) in [6.45, 7) is 0.393. The molecular weight excluding hydrogens is 262 g/mol. The second kappa shape index (κ2) is 4.16. The van der Waals surface area contributed by atoms with Crippen LogP contribution < -0.4 is 5.73 Å². The zero-order chi connectivity index (χ0) is 9.97. The SMILES string of the molecule is NCc1nsc(-c2cccc(Br)c2)n1. The van der Waals surface area contributed by atoms with Crippen LogP contribution in [0.3, 0.4) is 0 Å². The van der Waals surface area contributed by atoms with Crippen LogP contribution in [0.2, 0.25) is 0 Å². The van der Waals surface area contributed by atoms with Gasteiger partial charge in [0.15, 0.2) is 5.82 Å². The predicted octanol–water partition coefficient (Wildman–Crippen LogP) is 2.43. The summed E-state index contributed by atoms with van der Waals surface area (Å²) in [5, 5.41) is 0.909. The van der Waals surface area contributed by atoms with Crippen molar-refractivity contribution in [1.29, 1.82) is 0 Å². The van der Waals surface area contributed by atoms with Gasteiger partial charge in [-0.05, 0) is 23.7 Å². The Hall–Kier alpha value is -0.780. The summed E-state index contributed by atoms with van der Waals surface area (Å²) in [7, 11) is 0. The van der Waals surface area contributed by atoms with E-state index in [0.717, 1.165) is 15.0 Å². The van der Waals surface area contributed by atoms with Crippen LogP contribution in [0, 0.1) is 0 Å². The van der Waals surface area contributed by atoms with Crippen molar-refractivity contribution in [3.8, 4) is 10.6 Å². The maximum atomic E-state index is 5.44. The molecule has 1 heterocycles. The Bertz CT molecular complexity index is 441. The zero-order valence-electron chi connectivity index (χ0n) is 7.27. The molecule has 0 unspecified atom stereocenters. The normalized spacial score (nSPS) is 10.4. The van der Waals surface area contributed by atoms with Crippen LogP contribution in [0.4, 0.5) is 0 Å². The minimum atomic E-state index is 0.393. The number of nitrogens with zero attached hydrogens (tertiary/aromatic N) is 2. The van der Waals surface area contributed by atoms with E-state index in [2.05, 4.69) is 25.3 Å². The van der Waals surface area contributed by atoms with Gasteiger partial charge in [-0.3, -0.25) is 0 Å². The molecule has 2 N–H and O–H groups in total. The first-order valence-electron chi connectivity index (χ1n) is 4.08. The van der Waals surface area contributed by atoms with E-state index in [1.807, 2.05) is 24.3 Å². The van der Waals surface area contributed by atoms with Crippen molar-refractivity contribution in [1.82, 2.24) is 9.36 Å². The largest absolute Gasteiger partial charge is 0.324 e. The highest BCUT2D eigenvalue weighted by Crippen LogP contribution is 2.24. The smallest absolute Gasteiger partial charge is 0.156 e. The molecule has 0 amide bonds. The summed E-state index contributed by atoms with van der Waals surface area (Å²) in [6, 6.07) is 7.98. The molecule has 5 heteroatoms. The van der Waals surface area contributed by atoms with Crippen LogP contribution in [0.5, 0.6) is 0 Å². The van der Waals surface area contributed by atoms with E-state index in [1.54, 1.807) is 0 Å². The van der Waals surface area contributed by atoms with Crippen LogP contribution in [0.1, 0.15) is 5.82 Å². The Labute approximate surface area is 94.3 Å². The lowest BCUT2D eigenvalue weighted by atomic mass is 10.2. The van der Waals surface area contributed by atoms with Gasteiger partial charge in [0, 0.05) is 10.0 Å². The van der Waals surface area contributed by atoms with Gasteiger partial charge in [-0.2, -0.15) is 4.37 Å². The predicted molar refractivity (Wildman–Crippen MR) is 60.9 cm³/mol. The van der Waals surface area contributed by atoms with Crippen molar-refractivity contribution in [3.05, 3.63) is 34.6 Å². The molecule has 0 spiro atoms. The first-order valence-corrected chi connectivity index (χ1v) is 5.65. The van der Waals surface area contributed by atoms with Gasteiger partial charge in [-0.25, -0.2) is 4.98 Å². The molecule has 1 aromatic heterocycles. The molecule has 0 fully saturated rings. The quantitative estimate of drug-likeness (QED) is 0.911.